The van der Waals surface area contributed by atoms with E-state index in [9.17, 15) is 9.90 Å². The van der Waals surface area contributed by atoms with Crippen LogP contribution in [0.15, 0.2) is 46.8 Å². The molecule has 100 valence electrons. The minimum Gasteiger partial charge on any atom is -0.502 e. The number of aliphatic imine (C=N–C) groups is 1. The molecule has 1 heterocycles. The molecule has 1 aliphatic rings. The van der Waals surface area contributed by atoms with Crippen LogP contribution in [0, 0.1) is 0 Å². The minimum atomic E-state index is -0.974. The topological polar surface area (TPSA) is 79.1 Å². The van der Waals surface area contributed by atoms with Crippen LogP contribution in [-0.2, 0) is 16.1 Å². The van der Waals surface area contributed by atoms with E-state index < -0.39 is 24.2 Å². The molecule has 0 aliphatic carbocycles. The van der Waals surface area contributed by atoms with E-state index in [-0.39, 0.29) is 17.0 Å². The van der Waals surface area contributed by atoms with E-state index >= 15 is 0 Å². The van der Waals surface area contributed by atoms with Crippen molar-refractivity contribution in [3.8, 4) is 0 Å². The quantitative estimate of drug-likeness (QED) is 0.883. The fourth-order valence-corrected chi connectivity index (χ4v) is 2.15. The van der Waals surface area contributed by atoms with Crippen molar-refractivity contribution >= 4 is 26.3 Å². The van der Waals surface area contributed by atoms with Gasteiger partial charge in [-0.3, -0.25) is 9.79 Å². The standard InChI is InChI=1S/C13H12BrNO4/c14-13-12(11(18)10(17)9(6-16)15-13)19-7-8-4-2-1-3-5-8/h1-5,9,16,18H,6-7H2. The van der Waals surface area contributed by atoms with Crippen LogP contribution in [0.25, 0.3) is 0 Å². The Morgan fingerprint density at radius 3 is 2.63 bits per heavy atom. The van der Waals surface area contributed by atoms with Crippen LogP contribution in [0.4, 0.5) is 0 Å². The highest BCUT2D eigenvalue weighted by Crippen LogP contribution is 2.21. The largest absolute Gasteiger partial charge is 0.502 e. The lowest BCUT2D eigenvalue weighted by Crippen LogP contribution is -2.31. The fraction of sp³-hybridized carbons (Fsp3) is 0.231. The molecule has 0 aromatic heterocycles. The van der Waals surface area contributed by atoms with Crippen molar-refractivity contribution in [3.63, 3.8) is 0 Å². The molecule has 19 heavy (non-hydrogen) atoms. The molecule has 0 spiro atoms. The Kier molecular flexibility index (Phi) is 4.34. The first-order valence-corrected chi connectivity index (χ1v) is 6.41. The number of halogens is 1. The summed E-state index contributed by atoms with van der Waals surface area (Å²) in [5.74, 6) is -1.16. The summed E-state index contributed by atoms with van der Waals surface area (Å²) in [6.07, 6.45) is 0. The van der Waals surface area contributed by atoms with Crippen LogP contribution in [0.3, 0.4) is 0 Å². The maximum atomic E-state index is 11.6. The monoisotopic (exact) mass is 325 g/mol. The normalized spacial score (nSPS) is 19.4. The molecule has 1 atom stereocenters. The summed E-state index contributed by atoms with van der Waals surface area (Å²) in [4.78, 5) is 15.6. The number of ether oxygens (including phenoxy) is 1. The molecule has 2 N–H and O–H groups in total. The zero-order valence-electron chi connectivity index (χ0n) is 9.91. The number of aliphatic hydroxyl groups is 2. The van der Waals surface area contributed by atoms with Gasteiger partial charge in [-0.05, 0) is 21.5 Å². The van der Waals surface area contributed by atoms with Crippen molar-refractivity contribution in [2.24, 2.45) is 4.99 Å². The number of carbonyl (C=O) groups is 1. The van der Waals surface area contributed by atoms with Gasteiger partial charge in [-0.15, -0.1) is 0 Å². The molecule has 6 heteroatoms. The predicted molar refractivity (Wildman–Crippen MR) is 73.1 cm³/mol. The molecule has 2 rings (SSSR count). The van der Waals surface area contributed by atoms with Crippen molar-refractivity contribution in [1.82, 2.24) is 0 Å². The highest BCUT2D eigenvalue weighted by atomic mass is 79.9. The molecule has 0 saturated carbocycles. The molecule has 0 saturated heterocycles. The third-order valence-corrected chi connectivity index (χ3v) is 3.17. The smallest absolute Gasteiger partial charge is 0.227 e. The van der Waals surface area contributed by atoms with Crippen molar-refractivity contribution in [1.29, 1.82) is 0 Å². The second-order valence-electron chi connectivity index (χ2n) is 3.93. The van der Waals surface area contributed by atoms with Gasteiger partial charge in [-0.2, -0.15) is 0 Å². The average Bonchev–Trinajstić information content (AvgIpc) is 2.44. The zero-order chi connectivity index (χ0) is 13.8. The number of allylic oxidation sites excluding steroid dienone is 1. The lowest BCUT2D eigenvalue weighted by Gasteiger charge is -2.18. The molecule has 5 nitrogen and oxygen atoms in total. The van der Waals surface area contributed by atoms with Crippen LogP contribution in [-0.4, -0.2) is 33.3 Å². The highest BCUT2D eigenvalue weighted by Gasteiger charge is 2.31. The van der Waals surface area contributed by atoms with Crippen LogP contribution >= 0.6 is 15.9 Å². The number of aliphatic hydroxyl groups excluding tert-OH is 2. The number of ketones is 1. The number of Topliss-reactive ketones (excluding diaryl/α,β-unsaturated/α-hetero) is 1. The van der Waals surface area contributed by atoms with Crippen LogP contribution < -0.4 is 0 Å². The van der Waals surface area contributed by atoms with E-state index in [1.807, 2.05) is 30.3 Å². The van der Waals surface area contributed by atoms with Gasteiger partial charge in [0, 0.05) is 0 Å². The Bertz CT molecular complexity index is 539. The van der Waals surface area contributed by atoms with Gasteiger partial charge in [0.1, 0.15) is 17.3 Å². The molecule has 1 aromatic carbocycles. The summed E-state index contributed by atoms with van der Waals surface area (Å²) < 4.78 is 5.63. The summed E-state index contributed by atoms with van der Waals surface area (Å²) in [6, 6.07) is 8.37. The first-order valence-electron chi connectivity index (χ1n) is 5.62. The van der Waals surface area contributed by atoms with Gasteiger partial charge >= 0.3 is 0 Å². The van der Waals surface area contributed by atoms with Crippen molar-refractivity contribution in [2.45, 2.75) is 12.6 Å². The number of hydrogen-bond acceptors (Lipinski definition) is 5. The maximum absolute atomic E-state index is 11.6. The van der Waals surface area contributed by atoms with E-state index in [1.165, 1.54) is 0 Å². The first kappa shape index (κ1) is 13.8. The third kappa shape index (κ3) is 3.02. The molecule has 0 amide bonds. The SMILES string of the molecule is O=C1C(O)=C(OCc2ccccc2)C(Br)=NC1CO. The Hall–Kier alpha value is -1.66. The number of carbonyl (C=O) groups excluding carboxylic acids is 1. The van der Waals surface area contributed by atoms with Crippen molar-refractivity contribution < 1.29 is 19.7 Å². The van der Waals surface area contributed by atoms with E-state index in [0.717, 1.165) is 5.56 Å². The van der Waals surface area contributed by atoms with Gasteiger partial charge in [0.05, 0.1) is 6.61 Å². The Morgan fingerprint density at radius 1 is 1.32 bits per heavy atom. The molecule has 1 unspecified atom stereocenters. The summed E-state index contributed by atoms with van der Waals surface area (Å²) in [5.41, 5.74) is 0.903. The van der Waals surface area contributed by atoms with Gasteiger partial charge < -0.3 is 14.9 Å². The average molecular weight is 326 g/mol. The van der Waals surface area contributed by atoms with E-state index in [2.05, 4.69) is 20.9 Å². The van der Waals surface area contributed by atoms with E-state index in [4.69, 9.17) is 9.84 Å². The second-order valence-corrected chi connectivity index (χ2v) is 4.69. The first-order chi connectivity index (χ1) is 9.13. The fourth-order valence-electron chi connectivity index (χ4n) is 1.60. The molecule has 0 radical (unpaired) electrons. The Morgan fingerprint density at radius 2 is 2.00 bits per heavy atom. The molecular weight excluding hydrogens is 314 g/mol. The van der Waals surface area contributed by atoms with Crippen LogP contribution in [0.2, 0.25) is 0 Å². The summed E-state index contributed by atoms with van der Waals surface area (Å²) in [6.45, 7) is -0.244. The number of hydrogen-bond donors (Lipinski definition) is 2. The minimum absolute atomic E-state index is 0.00134. The lowest BCUT2D eigenvalue weighted by atomic mass is 10.1. The molecule has 0 fully saturated rings. The van der Waals surface area contributed by atoms with Gasteiger partial charge in [0.15, 0.2) is 5.76 Å². The summed E-state index contributed by atoms with van der Waals surface area (Å²) in [5, 5.41) is 18.7. The molecular formula is C13H12BrNO4. The molecule has 0 bridgehead atoms. The number of benzene rings is 1. The predicted octanol–water partition coefficient (Wildman–Crippen LogP) is 1.71. The molecule has 1 aliphatic heterocycles. The van der Waals surface area contributed by atoms with Gasteiger partial charge in [-0.1, -0.05) is 30.3 Å². The van der Waals surface area contributed by atoms with Crippen molar-refractivity contribution in [3.05, 3.63) is 47.4 Å². The highest BCUT2D eigenvalue weighted by molar-refractivity contribution is 9.18. The number of nitrogens with zero attached hydrogens (tertiary/aromatic N) is 1. The van der Waals surface area contributed by atoms with Crippen LogP contribution in [0.5, 0.6) is 0 Å². The summed E-state index contributed by atoms with van der Waals surface area (Å²) in [7, 11) is 0. The van der Waals surface area contributed by atoms with Gasteiger partial charge in [0.2, 0.25) is 11.5 Å². The van der Waals surface area contributed by atoms with Crippen LogP contribution in [0.1, 0.15) is 5.56 Å². The second kappa shape index (κ2) is 5.99. The van der Waals surface area contributed by atoms with E-state index in [1.54, 1.807) is 0 Å². The maximum Gasteiger partial charge on any atom is 0.227 e. The number of rotatable bonds is 4. The Labute approximate surface area is 118 Å². The number of dihydropyridines is 1. The third-order valence-electron chi connectivity index (χ3n) is 2.61. The zero-order valence-corrected chi connectivity index (χ0v) is 11.5. The molecule has 1 aromatic rings. The van der Waals surface area contributed by atoms with Crippen molar-refractivity contribution in [2.75, 3.05) is 6.61 Å². The van der Waals surface area contributed by atoms with E-state index in [0.29, 0.717) is 0 Å². The Balaban J connectivity index is 2.14. The van der Waals surface area contributed by atoms with Gasteiger partial charge in [-0.25, -0.2) is 0 Å². The summed E-state index contributed by atoms with van der Waals surface area (Å²) >= 11 is 3.12. The lowest BCUT2D eigenvalue weighted by molar-refractivity contribution is -0.120. The van der Waals surface area contributed by atoms with Gasteiger partial charge in [0.25, 0.3) is 0 Å².